The van der Waals surface area contributed by atoms with Gasteiger partial charge in [-0.15, -0.1) is 0 Å². The molecule has 0 amide bonds. The summed E-state index contributed by atoms with van der Waals surface area (Å²) in [7, 11) is 0. The maximum atomic E-state index is 9.90. The highest BCUT2D eigenvalue weighted by Crippen LogP contribution is 2.28. The van der Waals surface area contributed by atoms with E-state index in [1.165, 1.54) is 6.42 Å². The zero-order valence-corrected chi connectivity index (χ0v) is 5.97. The van der Waals surface area contributed by atoms with Gasteiger partial charge in [0.2, 0.25) is 0 Å². The summed E-state index contributed by atoms with van der Waals surface area (Å²) in [6, 6.07) is 0. The fourth-order valence-corrected chi connectivity index (χ4v) is 1.01. The van der Waals surface area contributed by atoms with Gasteiger partial charge in [0, 0.05) is 12.8 Å². The third-order valence-electron chi connectivity index (χ3n) is 1.86. The van der Waals surface area contributed by atoms with E-state index in [0.29, 0.717) is 18.6 Å². The van der Waals surface area contributed by atoms with Crippen LogP contribution in [0.2, 0.25) is 0 Å². The number of hydrogen-bond donors (Lipinski definition) is 1. The number of rotatable bonds is 3. The Kier molecular flexibility index (Phi) is 2.49. The second-order valence-corrected chi connectivity index (χ2v) is 2.61. The molecule has 0 radical (unpaired) electrons. The van der Waals surface area contributed by atoms with E-state index in [1.807, 2.05) is 0 Å². The normalized spacial score (nSPS) is 16.2. The fraction of sp³-hybridized carbons (Fsp3) is 0.625. The Balaban J connectivity index is 2.31. The molecule has 2 nitrogen and oxygen atoms in total. The van der Waals surface area contributed by atoms with Crippen molar-refractivity contribution in [3.8, 4) is 0 Å². The fourth-order valence-electron chi connectivity index (χ4n) is 1.01. The molecule has 10 heavy (non-hydrogen) atoms. The van der Waals surface area contributed by atoms with Crippen molar-refractivity contribution in [2.45, 2.75) is 32.1 Å². The first-order chi connectivity index (χ1) is 4.84. The van der Waals surface area contributed by atoms with Crippen LogP contribution in [0.25, 0.3) is 0 Å². The molecule has 0 aromatic carbocycles. The van der Waals surface area contributed by atoms with Crippen LogP contribution < -0.4 is 0 Å². The summed E-state index contributed by atoms with van der Waals surface area (Å²) in [5.74, 6) is 0.457. The number of aliphatic hydroxyl groups excluding tert-OH is 1. The highest BCUT2D eigenvalue weighted by atomic mass is 16.3. The third kappa shape index (κ3) is 1.59. The predicted molar refractivity (Wildman–Crippen MR) is 38.8 cm³/mol. The summed E-state index contributed by atoms with van der Waals surface area (Å²) in [6.07, 6.45) is 5.10. The minimum atomic E-state index is 0.454. The Labute approximate surface area is 60.6 Å². The van der Waals surface area contributed by atoms with E-state index in [9.17, 15) is 9.90 Å². The SMILES string of the molecule is O=CCCC(O)=C1CCC1. The van der Waals surface area contributed by atoms with Gasteiger partial charge in [0.1, 0.15) is 6.29 Å². The minimum absolute atomic E-state index is 0.454. The van der Waals surface area contributed by atoms with Crippen LogP contribution in [0.15, 0.2) is 11.3 Å². The van der Waals surface area contributed by atoms with Gasteiger partial charge >= 0.3 is 0 Å². The molecule has 0 bridgehead atoms. The van der Waals surface area contributed by atoms with Gasteiger partial charge in [-0.2, -0.15) is 0 Å². The molecule has 2 heteroatoms. The van der Waals surface area contributed by atoms with Crippen molar-refractivity contribution >= 4 is 6.29 Å². The molecule has 1 aliphatic carbocycles. The molecule has 1 aliphatic rings. The molecule has 0 atom stereocenters. The summed E-state index contributed by atoms with van der Waals surface area (Å²) in [5, 5.41) is 9.22. The Morgan fingerprint density at radius 1 is 1.60 bits per heavy atom. The van der Waals surface area contributed by atoms with Gasteiger partial charge in [-0.3, -0.25) is 0 Å². The molecular weight excluding hydrogens is 128 g/mol. The summed E-state index contributed by atoms with van der Waals surface area (Å²) in [4.78, 5) is 9.90. The van der Waals surface area contributed by atoms with Crippen LogP contribution in [0.4, 0.5) is 0 Å². The summed E-state index contributed by atoms with van der Waals surface area (Å²) >= 11 is 0. The number of allylic oxidation sites excluding steroid dienone is 2. The van der Waals surface area contributed by atoms with Crippen molar-refractivity contribution in [1.82, 2.24) is 0 Å². The van der Waals surface area contributed by atoms with E-state index in [4.69, 9.17) is 0 Å². The number of aldehydes is 1. The highest BCUT2D eigenvalue weighted by molar-refractivity contribution is 5.49. The van der Waals surface area contributed by atoms with E-state index in [2.05, 4.69) is 0 Å². The first-order valence-corrected chi connectivity index (χ1v) is 3.68. The number of carbonyl (C=O) groups excluding carboxylic acids is 1. The van der Waals surface area contributed by atoms with E-state index in [0.717, 1.165) is 24.7 Å². The van der Waals surface area contributed by atoms with Crippen LogP contribution in [0.3, 0.4) is 0 Å². The lowest BCUT2D eigenvalue weighted by Gasteiger charge is -2.17. The lowest BCUT2D eigenvalue weighted by atomic mass is 9.90. The molecule has 1 fully saturated rings. The quantitative estimate of drug-likeness (QED) is 0.480. The van der Waals surface area contributed by atoms with Crippen LogP contribution in [-0.4, -0.2) is 11.4 Å². The Morgan fingerprint density at radius 3 is 2.70 bits per heavy atom. The molecule has 0 heterocycles. The third-order valence-corrected chi connectivity index (χ3v) is 1.86. The topological polar surface area (TPSA) is 37.3 Å². The number of hydrogen-bond acceptors (Lipinski definition) is 2. The molecule has 1 rings (SSSR count). The second-order valence-electron chi connectivity index (χ2n) is 2.61. The average molecular weight is 140 g/mol. The van der Waals surface area contributed by atoms with Crippen molar-refractivity contribution < 1.29 is 9.90 Å². The van der Waals surface area contributed by atoms with Gasteiger partial charge in [0.05, 0.1) is 5.76 Å². The predicted octanol–water partition coefficient (Wildman–Crippen LogP) is 1.96. The molecule has 1 saturated carbocycles. The van der Waals surface area contributed by atoms with E-state index >= 15 is 0 Å². The van der Waals surface area contributed by atoms with Crippen LogP contribution in [0.1, 0.15) is 32.1 Å². The molecule has 0 aliphatic heterocycles. The number of aliphatic hydroxyl groups is 1. The standard InChI is InChI=1S/C8H12O2/c9-6-2-5-8(10)7-3-1-4-7/h6,10H,1-5H2. The van der Waals surface area contributed by atoms with Gasteiger partial charge < -0.3 is 9.90 Å². The monoisotopic (exact) mass is 140 g/mol. The highest BCUT2D eigenvalue weighted by Gasteiger charge is 2.12. The summed E-state index contributed by atoms with van der Waals surface area (Å²) in [6.45, 7) is 0. The molecule has 0 saturated heterocycles. The van der Waals surface area contributed by atoms with Gasteiger partial charge in [0.25, 0.3) is 0 Å². The summed E-state index contributed by atoms with van der Waals surface area (Å²) in [5.41, 5.74) is 1.15. The van der Waals surface area contributed by atoms with Gasteiger partial charge in [-0.25, -0.2) is 0 Å². The zero-order chi connectivity index (χ0) is 7.40. The molecular formula is C8H12O2. The van der Waals surface area contributed by atoms with E-state index in [1.54, 1.807) is 0 Å². The first-order valence-electron chi connectivity index (χ1n) is 3.68. The lowest BCUT2D eigenvalue weighted by molar-refractivity contribution is -0.107. The van der Waals surface area contributed by atoms with Crippen molar-refractivity contribution in [3.63, 3.8) is 0 Å². The van der Waals surface area contributed by atoms with Crippen LogP contribution in [0.5, 0.6) is 0 Å². The molecule has 0 aromatic heterocycles. The minimum Gasteiger partial charge on any atom is -0.512 e. The Morgan fingerprint density at radius 2 is 2.30 bits per heavy atom. The van der Waals surface area contributed by atoms with Gasteiger partial charge in [-0.05, 0) is 24.8 Å². The van der Waals surface area contributed by atoms with E-state index in [-0.39, 0.29) is 0 Å². The van der Waals surface area contributed by atoms with Gasteiger partial charge in [-0.1, -0.05) is 0 Å². The van der Waals surface area contributed by atoms with Crippen molar-refractivity contribution in [2.75, 3.05) is 0 Å². The molecule has 56 valence electrons. The number of carbonyl (C=O) groups is 1. The van der Waals surface area contributed by atoms with Crippen LogP contribution in [-0.2, 0) is 4.79 Å². The summed E-state index contributed by atoms with van der Waals surface area (Å²) < 4.78 is 0. The largest absolute Gasteiger partial charge is 0.512 e. The van der Waals surface area contributed by atoms with E-state index < -0.39 is 0 Å². The maximum absolute atomic E-state index is 9.90. The molecule has 0 unspecified atom stereocenters. The Hall–Kier alpha value is -0.790. The second kappa shape index (κ2) is 3.40. The first kappa shape index (κ1) is 7.32. The van der Waals surface area contributed by atoms with Crippen molar-refractivity contribution in [2.24, 2.45) is 0 Å². The lowest BCUT2D eigenvalue weighted by Crippen LogP contribution is -2.01. The molecule has 0 aromatic rings. The van der Waals surface area contributed by atoms with Gasteiger partial charge in [0.15, 0.2) is 0 Å². The zero-order valence-electron chi connectivity index (χ0n) is 5.97. The van der Waals surface area contributed by atoms with Crippen molar-refractivity contribution in [1.29, 1.82) is 0 Å². The van der Waals surface area contributed by atoms with Crippen molar-refractivity contribution in [3.05, 3.63) is 11.3 Å². The molecule has 1 N–H and O–H groups in total. The Bertz CT molecular complexity index is 153. The molecule has 0 spiro atoms. The average Bonchev–Trinajstić information content (AvgIpc) is 1.79. The maximum Gasteiger partial charge on any atom is 0.120 e. The van der Waals surface area contributed by atoms with Crippen LogP contribution >= 0.6 is 0 Å². The van der Waals surface area contributed by atoms with Crippen LogP contribution in [0, 0.1) is 0 Å². The smallest absolute Gasteiger partial charge is 0.120 e.